The van der Waals surface area contributed by atoms with Gasteiger partial charge in [-0.05, 0) is 24.3 Å². The Hall–Kier alpha value is -2.21. The van der Waals surface area contributed by atoms with E-state index in [4.69, 9.17) is 4.74 Å². The molecule has 1 heterocycles. The van der Waals surface area contributed by atoms with Crippen LogP contribution in [-0.2, 0) is 9.84 Å². The van der Waals surface area contributed by atoms with Crippen molar-refractivity contribution in [3.63, 3.8) is 0 Å². The molecule has 0 bridgehead atoms. The maximum absolute atomic E-state index is 11.8. The number of aromatic hydroxyl groups is 1. The number of hydrogen-bond donors (Lipinski definition) is 2. The minimum absolute atomic E-state index is 0.144. The monoisotopic (exact) mass is 305 g/mol. The Bertz CT molecular complexity index is 786. The van der Waals surface area contributed by atoms with Crippen molar-refractivity contribution in [2.45, 2.75) is 10.9 Å². The van der Waals surface area contributed by atoms with Crippen LogP contribution >= 0.6 is 0 Å². The van der Waals surface area contributed by atoms with Gasteiger partial charge in [-0.25, -0.2) is 8.42 Å². The Kier molecular flexibility index (Phi) is 3.25. The average Bonchev–Trinajstić information content (AvgIpc) is 2.80. The molecule has 1 aliphatic rings. The van der Waals surface area contributed by atoms with E-state index in [1.165, 1.54) is 6.26 Å². The van der Waals surface area contributed by atoms with E-state index in [9.17, 15) is 13.5 Å². The number of hydrogen-bond acceptors (Lipinski definition) is 5. The molecule has 2 N–H and O–H groups in total. The number of phenolic OH excluding ortho intramolecular Hbond substituents is 1. The molecule has 0 saturated heterocycles. The van der Waals surface area contributed by atoms with Gasteiger partial charge in [0.25, 0.3) is 0 Å². The molecular formula is C15H15NO4S. The van der Waals surface area contributed by atoms with Gasteiger partial charge in [0.2, 0.25) is 0 Å². The quantitative estimate of drug-likeness (QED) is 0.910. The molecule has 0 fully saturated rings. The average molecular weight is 305 g/mol. The summed E-state index contributed by atoms with van der Waals surface area (Å²) in [7, 11) is -3.30. The summed E-state index contributed by atoms with van der Waals surface area (Å²) >= 11 is 0. The van der Waals surface area contributed by atoms with Gasteiger partial charge in [0.1, 0.15) is 18.1 Å². The minimum Gasteiger partial charge on any atom is -0.508 e. The lowest BCUT2D eigenvalue weighted by molar-refractivity contribution is 0.338. The number of nitrogens with one attached hydrogen (secondary N) is 1. The molecule has 1 aliphatic heterocycles. The predicted octanol–water partition coefficient (Wildman–Crippen LogP) is 2.34. The topological polar surface area (TPSA) is 75.6 Å². The van der Waals surface area contributed by atoms with E-state index in [1.807, 2.05) is 0 Å². The molecule has 110 valence electrons. The first-order valence-electron chi connectivity index (χ1n) is 6.46. The Labute approximate surface area is 123 Å². The number of sulfone groups is 1. The summed E-state index contributed by atoms with van der Waals surface area (Å²) in [5.41, 5.74) is 1.45. The van der Waals surface area contributed by atoms with Gasteiger partial charge in [-0.3, -0.25) is 0 Å². The highest BCUT2D eigenvalue weighted by atomic mass is 32.2. The van der Waals surface area contributed by atoms with Gasteiger partial charge in [-0.1, -0.05) is 12.1 Å². The Morgan fingerprint density at radius 2 is 2.00 bits per heavy atom. The van der Waals surface area contributed by atoms with Crippen LogP contribution in [0.2, 0.25) is 0 Å². The number of rotatable bonds is 3. The van der Waals surface area contributed by atoms with Crippen LogP contribution in [0, 0.1) is 0 Å². The van der Waals surface area contributed by atoms with Gasteiger partial charge in [0.15, 0.2) is 9.84 Å². The Morgan fingerprint density at radius 3 is 2.76 bits per heavy atom. The molecule has 2 aromatic rings. The van der Waals surface area contributed by atoms with Crippen molar-refractivity contribution in [2.75, 3.05) is 18.2 Å². The fourth-order valence-corrected chi connectivity index (χ4v) is 3.27. The summed E-state index contributed by atoms with van der Waals surface area (Å²) in [5, 5.41) is 12.6. The number of benzene rings is 2. The van der Waals surface area contributed by atoms with Crippen molar-refractivity contribution in [1.29, 1.82) is 0 Å². The third-order valence-electron chi connectivity index (χ3n) is 3.39. The number of phenols is 1. The van der Waals surface area contributed by atoms with Crippen molar-refractivity contribution in [3.8, 4) is 11.5 Å². The molecule has 0 radical (unpaired) electrons. The van der Waals surface area contributed by atoms with Crippen LogP contribution in [0.4, 0.5) is 5.69 Å². The summed E-state index contributed by atoms with van der Waals surface area (Å²) in [4.78, 5) is 0.261. The van der Waals surface area contributed by atoms with Crippen molar-refractivity contribution in [2.24, 2.45) is 0 Å². The van der Waals surface area contributed by atoms with Crippen molar-refractivity contribution in [1.82, 2.24) is 0 Å². The zero-order chi connectivity index (χ0) is 15.0. The van der Waals surface area contributed by atoms with Crippen LogP contribution in [0.5, 0.6) is 11.5 Å². The second kappa shape index (κ2) is 4.96. The first kappa shape index (κ1) is 13.8. The molecule has 0 spiro atoms. The first-order valence-corrected chi connectivity index (χ1v) is 8.35. The van der Waals surface area contributed by atoms with E-state index in [1.54, 1.807) is 42.5 Å². The summed E-state index contributed by atoms with van der Waals surface area (Å²) in [6, 6.07) is 11.6. The van der Waals surface area contributed by atoms with Gasteiger partial charge < -0.3 is 15.2 Å². The zero-order valence-electron chi connectivity index (χ0n) is 11.4. The third kappa shape index (κ3) is 2.67. The summed E-state index contributed by atoms with van der Waals surface area (Å²) in [6.07, 6.45) is 1.19. The van der Waals surface area contributed by atoms with Gasteiger partial charge in [0.05, 0.1) is 16.6 Å². The van der Waals surface area contributed by atoms with E-state index in [-0.39, 0.29) is 16.7 Å². The minimum atomic E-state index is -3.30. The molecular weight excluding hydrogens is 290 g/mol. The van der Waals surface area contributed by atoms with E-state index in [0.717, 1.165) is 5.56 Å². The maximum atomic E-state index is 11.8. The van der Waals surface area contributed by atoms with Gasteiger partial charge >= 0.3 is 0 Å². The molecule has 6 heteroatoms. The molecule has 0 aliphatic carbocycles. The fourth-order valence-electron chi connectivity index (χ4n) is 2.42. The number of fused-ring (bicyclic) bond motifs is 1. The number of ether oxygens (including phenoxy) is 1. The second-order valence-corrected chi connectivity index (χ2v) is 6.98. The highest BCUT2D eigenvalue weighted by Crippen LogP contribution is 2.37. The van der Waals surface area contributed by atoms with Gasteiger partial charge in [0, 0.05) is 17.9 Å². The lowest BCUT2D eigenvalue weighted by Crippen LogP contribution is -2.14. The Morgan fingerprint density at radius 1 is 1.24 bits per heavy atom. The van der Waals surface area contributed by atoms with Crippen molar-refractivity contribution >= 4 is 15.5 Å². The van der Waals surface area contributed by atoms with E-state index in [2.05, 4.69) is 5.32 Å². The van der Waals surface area contributed by atoms with Gasteiger partial charge in [-0.2, -0.15) is 0 Å². The largest absolute Gasteiger partial charge is 0.508 e. The normalized spacial score (nSPS) is 17.1. The maximum Gasteiger partial charge on any atom is 0.177 e. The summed E-state index contributed by atoms with van der Waals surface area (Å²) < 4.78 is 29.1. The van der Waals surface area contributed by atoms with Crippen LogP contribution < -0.4 is 10.1 Å². The molecule has 3 rings (SSSR count). The molecule has 1 atom stereocenters. The van der Waals surface area contributed by atoms with E-state index in [0.29, 0.717) is 18.0 Å². The molecule has 0 amide bonds. The fraction of sp³-hybridized carbons (Fsp3) is 0.200. The number of anilines is 1. The molecule has 5 nitrogen and oxygen atoms in total. The number of para-hydroxylation sites is 1. The van der Waals surface area contributed by atoms with E-state index < -0.39 is 9.84 Å². The predicted molar refractivity (Wildman–Crippen MR) is 79.5 cm³/mol. The second-order valence-electron chi connectivity index (χ2n) is 5.00. The lowest BCUT2D eigenvalue weighted by atomic mass is 10.1. The van der Waals surface area contributed by atoms with Crippen molar-refractivity contribution < 1.29 is 18.3 Å². The van der Waals surface area contributed by atoms with Crippen LogP contribution in [0.15, 0.2) is 47.4 Å². The Balaban J connectivity index is 1.94. The first-order chi connectivity index (χ1) is 9.95. The molecule has 2 aromatic carbocycles. The summed E-state index contributed by atoms with van der Waals surface area (Å²) in [6.45, 7) is 0.386. The van der Waals surface area contributed by atoms with Crippen LogP contribution in [0.1, 0.15) is 11.6 Å². The highest BCUT2D eigenvalue weighted by molar-refractivity contribution is 7.90. The van der Waals surface area contributed by atoms with Crippen LogP contribution in [0.25, 0.3) is 0 Å². The van der Waals surface area contributed by atoms with Crippen LogP contribution in [0.3, 0.4) is 0 Å². The smallest absolute Gasteiger partial charge is 0.177 e. The lowest BCUT2D eigenvalue weighted by Gasteiger charge is -2.16. The van der Waals surface area contributed by atoms with Crippen LogP contribution in [-0.4, -0.2) is 26.4 Å². The molecule has 21 heavy (non-hydrogen) atoms. The molecule has 0 saturated carbocycles. The molecule has 0 aromatic heterocycles. The zero-order valence-corrected chi connectivity index (χ0v) is 12.2. The SMILES string of the molecule is CS(=O)(=O)c1ccccc1NC1COc2cc(O)ccc21. The summed E-state index contributed by atoms with van der Waals surface area (Å²) in [5.74, 6) is 0.760. The van der Waals surface area contributed by atoms with E-state index >= 15 is 0 Å². The highest BCUT2D eigenvalue weighted by Gasteiger charge is 2.25. The third-order valence-corrected chi connectivity index (χ3v) is 4.55. The van der Waals surface area contributed by atoms with Crippen molar-refractivity contribution in [3.05, 3.63) is 48.0 Å². The van der Waals surface area contributed by atoms with Gasteiger partial charge in [-0.15, -0.1) is 0 Å². The standard InChI is InChI=1S/C15H15NO4S/c1-21(18,19)15-5-3-2-4-12(15)16-13-9-20-14-8-10(17)6-7-11(13)14/h2-8,13,16-17H,9H2,1H3. The molecule has 1 unspecified atom stereocenters.